The maximum atomic E-state index is 12.6. The first-order chi connectivity index (χ1) is 22.8. The number of carbonyl (C=O) groups is 2. The van der Waals surface area contributed by atoms with E-state index in [1.807, 2.05) is 0 Å². The largest absolute Gasteiger partial charge is 0.462 e. The molecule has 1 aliphatic rings. The summed E-state index contributed by atoms with van der Waals surface area (Å²) >= 11 is 0. The van der Waals surface area contributed by atoms with Crippen LogP contribution in [-0.2, 0) is 28.5 Å². The van der Waals surface area contributed by atoms with Crippen molar-refractivity contribution in [2.75, 3.05) is 19.8 Å². The van der Waals surface area contributed by atoms with E-state index in [9.17, 15) is 30.0 Å². The van der Waals surface area contributed by atoms with Crippen molar-refractivity contribution in [3.8, 4) is 0 Å². The van der Waals surface area contributed by atoms with Crippen LogP contribution in [0.25, 0.3) is 0 Å². The van der Waals surface area contributed by atoms with Crippen LogP contribution in [0, 0.1) is 0 Å². The molecule has 1 rings (SSSR count). The molecule has 1 saturated heterocycles. The predicted molar refractivity (Wildman–Crippen MR) is 183 cm³/mol. The summed E-state index contributed by atoms with van der Waals surface area (Å²) in [5.41, 5.74) is 0. The van der Waals surface area contributed by atoms with Crippen LogP contribution in [0.3, 0.4) is 0 Å². The van der Waals surface area contributed by atoms with E-state index in [1.165, 1.54) is 44.9 Å². The van der Waals surface area contributed by atoms with E-state index in [0.29, 0.717) is 12.8 Å². The molecule has 4 N–H and O–H groups in total. The third-order valence-electron chi connectivity index (χ3n) is 8.37. The molecule has 0 spiro atoms. The molecule has 6 atom stereocenters. The number of ether oxygens (including phenoxy) is 4. The molecule has 0 aliphatic carbocycles. The molecule has 0 radical (unpaired) electrons. The van der Waals surface area contributed by atoms with Crippen LogP contribution in [0.1, 0.15) is 142 Å². The zero-order valence-electron chi connectivity index (χ0n) is 29.3. The van der Waals surface area contributed by atoms with E-state index >= 15 is 0 Å². The third kappa shape index (κ3) is 21.7. The maximum Gasteiger partial charge on any atom is 0.306 e. The van der Waals surface area contributed by atoms with Crippen LogP contribution in [0.15, 0.2) is 24.3 Å². The summed E-state index contributed by atoms with van der Waals surface area (Å²) in [4.78, 5) is 25.0. The molecule has 0 bridgehead atoms. The highest BCUT2D eigenvalue weighted by atomic mass is 16.7. The van der Waals surface area contributed by atoms with Crippen LogP contribution in [0.5, 0.6) is 0 Å². The van der Waals surface area contributed by atoms with Crippen molar-refractivity contribution in [1.82, 2.24) is 0 Å². The number of aliphatic hydroxyl groups excluding tert-OH is 4. The Hall–Kier alpha value is -1.82. The fraction of sp³-hybridized carbons (Fsp3) is 0.838. The lowest BCUT2D eigenvalue weighted by atomic mass is 9.99. The second-order valence-electron chi connectivity index (χ2n) is 12.7. The number of rotatable bonds is 29. The Bertz CT molecular complexity index is 830. The third-order valence-corrected chi connectivity index (χ3v) is 8.37. The van der Waals surface area contributed by atoms with Crippen LogP contribution < -0.4 is 0 Å². The van der Waals surface area contributed by atoms with Crippen molar-refractivity contribution < 1.29 is 49.0 Å². The molecule has 0 aromatic rings. The molecule has 0 saturated carbocycles. The van der Waals surface area contributed by atoms with E-state index < -0.39 is 55.4 Å². The first-order valence-electron chi connectivity index (χ1n) is 18.4. The molecule has 1 aliphatic heterocycles. The first-order valence-corrected chi connectivity index (χ1v) is 18.4. The lowest BCUT2D eigenvalue weighted by molar-refractivity contribution is -0.305. The zero-order valence-corrected chi connectivity index (χ0v) is 29.3. The topological polar surface area (TPSA) is 152 Å². The number of aliphatic hydroxyl groups is 4. The minimum atomic E-state index is -1.59. The van der Waals surface area contributed by atoms with Crippen LogP contribution >= 0.6 is 0 Å². The smallest absolute Gasteiger partial charge is 0.306 e. The Morgan fingerprint density at radius 2 is 1.17 bits per heavy atom. The average molecular weight is 671 g/mol. The van der Waals surface area contributed by atoms with Gasteiger partial charge in [0.05, 0.1) is 13.2 Å². The van der Waals surface area contributed by atoms with Gasteiger partial charge in [0.15, 0.2) is 12.4 Å². The molecule has 1 heterocycles. The zero-order chi connectivity index (χ0) is 34.5. The van der Waals surface area contributed by atoms with E-state index in [2.05, 4.69) is 38.2 Å². The Labute approximate surface area is 283 Å². The summed E-state index contributed by atoms with van der Waals surface area (Å²) in [6, 6.07) is 0. The van der Waals surface area contributed by atoms with Gasteiger partial charge in [-0.1, -0.05) is 115 Å². The summed E-state index contributed by atoms with van der Waals surface area (Å²) in [6.45, 7) is 3.30. The molecular weight excluding hydrogens is 604 g/mol. The Morgan fingerprint density at radius 3 is 1.74 bits per heavy atom. The lowest BCUT2D eigenvalue weighted by Crippen LogP contribution is -2.59. The summed E-state index contributed by atoms with van der Waals surface area (Å²) in [7, 11) is 0. The molecule has 2 unspecified atom stereocenters. The van der Waals surface area contributed by atoms with E-state index in [-0.39, 0.29) is 26.1 Å². The van der Waals surface area contributed by atoms with Crippen molar-refractivity contribution in [3.63, 3.8) is 0 Å². The summed E-state index contributed by atoms with van der Waals surface area (Å²) in [5.74, 6) is -0.833. The van der Waals surface area contributed by atoms with Gasteiger partial charge in [-0.05, 0) is 38.5 Å². The van der Waals surface area contributed by atoms with Gasteiger partial charge in [0, 0.05) is 12.8 Å². The number of hydrogen-bond donors (Lipinski definition) is 4. The standard InChI is InChI=1S/C37H66O10/c1-3-5-7-9-11-12-13-14-15-16-17-18-20-21-23-25-32(39)44-28-30(46-33(40)26-24-22-19-10-8-6-4-2)29-45-37-36(43)35(42)34(41)31(27-38)47-37/h12-15,30-31,34-38,41-43H,3-11,16-29H2,1-2H3/b13-12+,15-14+/t30-,31-,34+,35?,36?,37-/m0/s1. The number of unbranched alkanes of at least 4 members (excludes halogenated alkanes) is 15. The van der Waals surface area contributed by atoms with Gasteiger partial charge in [-0.25, -0.2) is 0 Å². The molecule has 1 fully saturated rings. The molecule has 0 aromatic heterocycles. The van der Waals surface area contributed by atoms with Gasteiger partial charge < -0.3 is 39.4 Å². The number of carbonyl (C=O) groups excluding carboxylic acids is 2. The van der Waals surface area contributed by atoms with E-state index in [0.717, 1.165) is 57.8 Å². The highest BCUT2D eigenvalue weighted by Gasteiger charge is 2.44. The van der Waals surface area contributed by atoms with Gasteiger partial charge in [0.1, 0.15) is 31.0 Å². The van der Waals surface area contributed by atoms with Gasteiger partial charge in [-0.3, -0.25) is 9.59 Å². The highest BCUT2D eigenvalue weighted by molar-refractivity contribution is 5.70. The van der Waals surface area contributed by atoms with Crippen molar-refractivity contribution in [3.05, 3.63) is 24.3 Å². The number of allylic oxidation sites excluding steroid dienone is 4. The van der Waals surface area contributed by atoms with Crippen LogP contribution in [-0.4, -0.2) is 89.0 Å². The van der Waals surface area contributed by atoms with Gasteiger partial charge in [0.2, 0.25) is 0 Å². The molecule has 47 heavy (non-hydrogen) atoms. The van der Waals surface area contributed by atoms with Gasteiger partial charge in [-0.2, -0.15) is 0 Å². The molecule has 10 heteroatoms. The average Bonchev–Trinajstić information content (AvgIpc) is 3.06. The maximum absolute atomic E-state index is 12.6. The normalized spacial score (nSPS) is 22.2. The quantitative estimate of drug-likeness (QED) is 0.0411. The van der Waals surface area contributed by atoms with Crippen molar-refractivity contribution in [2.45, 2.75) is 179 Å². The summed E-state index contributed by atoms with van der Waals surface area (Å²) < 4.78 is 21.9. The first kappa shape index (κ1) is 43.2. The van der Waals surface area contributed by atoms with Crippen molar-refractivity contribution in [1.29, 1.82) is 0 Å². The van der Waals surface area contributed by atoms with E-state index in [4.69, 9.17) is 18.9 Å². The minimum absolute atomic E-state index is 0.224. The van der Waals surface area contributed by atoms with Crippen LogP contribution in [0.4, 0.5) is 0 Å². The fourth-order valence-corrected chi connectivity index (χ4v) is 5.35. The summed E-state index contributed by atoms with van der Waals surface area (Å²) in [5, 5.41) is 39.8. The number of esters is 2. The monoisotopic (exact) mass is 670 g/mol. The second-order valence-corrected chi connectivity index (χ2v) is 12.7. The van der Waals surface area contributed by atoms with E-state index in [1.54, 1.807) is 0 Å². The number of hydrogen-bond acceptors (Lipinski definition) is 10. The van der Waals surface area contributed by atoms with Gasteiger partial charge >= 0.3 is 11.9 Å². The molecular formula is C37H66O10. The molecule has 274 valence electrons. The van der Waals surface area contributed by atoms with Crippen molar-refractivity contribution in [2.24, 2.45) is 0 Å². The second kappa shape index (κ2) is 29.1. The Kier molecular flexibility index (Phi) is 26.8. The van der Waals surface area contributed by atoms with Gasteiger partial charge in [0.25, 0.3) is 0 Å². The molecule has 0 aromatic carbocycles. The fourth-order valence-electron chi connectivity index (χ4n) is 5.35. The lowest BCUT2D eigenvalue weighted by Gasteiger charge is -2.39. The SMILES string of the molecule is CCCCCC/C=C/C=C/CCCCCCCC(=O)OC[C@@H](CO[C@H]1O[C@@H](CO)[C@@H](O)C(O)C1O)OC(=O)CCCCCCCCC. The Morgan fingerprint density at radius 1 is 0.660 bits per heavy atom. The van der Waals surface area contributed by atoms with Gasteiger partial charge in [-0.15, -0.1) is 0 Å². The molecule has 0 amide bonds. The Balaban J connectivity index is 2.39. The summed E-state index contributed by atoms with van der Waals surface area (Å²) in [6.07, 6.45) is 20.7. The molecule has 10 nitrogen and oxygen atoms in total. The predicted octanol–water partition coefficient (Wildman–Crippen LogP) is 6.21. The van der Waals surface area contributed by atoms with Crippen LogP contribution in [0.2, 0.25) is 0 Å². The minimum Gasteiger partial charge on any atom is -0.462 e. The van der Waals surface area contributed by atoms with Crippen molar-refractivity contribution >= 4 is 11.9 Å². The highest BCUT2D eigenvalue weighted by Crippen LogP contribution is 2.22.